The summed E-state index contributed by atoms with van der Waals surface area (Å²) in [5.74, 6) is 2.85. The molecule has 5 N–H and O–H groups in total. The van der Waals surface area contributed by atoms with Crippen LogP contribution in [-0.2, 0) is 13.0 Å². The molecule has 9 nitrogen and oxygen atoms in total. The second-order valence-electron chi connectivity index (χ2n) is 11.3. The number of aliphatic hydroxyl groups excluding tert-OH is 1. The molecule has 0 spiro atoms. The average molecular weight is 569 g/mol. The third-order valence-corrected chi connectivity index (χ3v) is 8.50. The standard InChI is InChI=1S/C33H44N8O/c1-6-30(42)32(25-22-41-13-9-11-23-10-8-12-24(25)33(23)41)37-31(7-2)36-28-20-26(34)29(21-27(28)35-3)39(5)16-19-40-17-14-38(4)15-18-40/h2,6,8,10,12,20-22,31,35-36,42H,9,11,13-19,34H2,1,3-5H3/b30-6+,37-32?. The molecule has 1 fully saturated rings. The Balaban J connectivity index is 1.40. The fourth-order valence-corrected chi connectivity index (χ4v) is 5.99. The Labute approximate surface area is 249 Å². The first-order valence-corrected chi connectivity index (χ1v) is 14.8. The van der Waals surface area contributed by atoms with Crippen LogP contribution in [0.2, 0.25) is 0 Å². The van der Waals surface area contributed by atoms with Gasteiger partial charge < -0.3 is 35.8 Å². The summed E-state index contributed by atoms with van der Waals surface area (Å²) >= 11 is 0. The maximum atomic E-state index is 11.0. The lowest BCUT2D eigenvalue weighted by molar-refractivity contribution is 0.157. The average Bonchev–Trinajstić information content (AvgIpc) is 3.38. The number of aliphatic imine (C=N–C) groups is 1. The van der Waals surface area contributed by atoms with Crippen molar-refractivity contribution in [2.75, 3.05) is 81.7 Å². The lowest BCUT2D eigenvalue weighted by Crippen LogP contribution is -2.46. The van der Waals surface area contributed by atoms with Crippen molar-refractivity contribution in [3.63, 3.8) is 0 Å². The molecule has 1 atom stereocenters. The summed E-state index contributed by atoms with van der Waals surface area (Å²) in [7, 11) is 6.13. The van der Waals surface area contributed by atoms with Gasteiger partial charge in [-0.2, -0.15) is 0 Å². The molecule has 3 heterocycles. The first kappa shape index (κ1) is 29.4. The van der Waals surface area contributed by atoms with Crippen molar-refractivity contribution in [2.24, 2.45) is 4.99 Å². The molecule has 9 heteroatoms. The van der Waals surface area contributed by atoms with Crippen molar-refractivity contribution in [3.8, 4) is 12.3 Å². The molecule has 0 saturated carbocycles. The number of nitrogens with zero attached hydrogens (tertiary/aromatic N) is 5. The predicted molar refractivity (Wildman–Crippen MR) is 177 cm³/mol. The Kier molecular flexibility index (Phi) is 8.95. The number of rotatable bonds is 10. The molecule has 222 valence electrons. The minimum absolute atomic E-state index is 0.0893. The summed E-state index contributed by atoms with van der Waals surface area (Å²) in [5.41, 5.74) is 13.7. The Hall–Kier alpha value is -4.13. The van der Waals surface area contributed by atoms with Gasteiger partial charge in [-0.3, -0.25) is 4.90 Å². The van der Waals surface area contributed by atoms with E-state index in [1.54, 1.807) is 13.0 Å². The molecule has 3 aromatic rings. The van der Waals surface area contributed by atoms with Crippen molar-refractivity contribution >= 4 is 39.4 Å². The number of hydrogen-bond acceptors (Lipinski definition) is 8. The number of hydrogen-bond donors (Lipinski definition) is 4. The lowest BCUT2D eigenvalue weighted by atomic mass is 10.0. The van der Waals surface area contributed by atoms with Gasteiger partial charge in [-0.1, -0.05) is 24.1 Å². The van der Waals surface area contributed by atoms with Crippen LogP contribution in [0.5, 0.6) is 0 Å². The molecule has 2 aromatic carbocycles. The summed E-state index contributed by atoms with van der Waals surface area (Å²) in [6, 6.07) is 10.3. The van der Waals surface area contributed by atoms with E-state index in [1.807, 2.05) is 19.2 Å². The first-order chi connectivity index (χ1) is 20.3. The molecule has 0 radical (unpaired) electrons. The number of nitrogen functional groups attached to an aromatic ring is 1. The molecule has 2 aliphatic heterocycles. The van der Waals surface area contributed by atoms with Crippen LogP contribution in [-0.4, -0.2) is 91.8 Å². The number of nitrogens with two attached hydrogens (primary N) is 1. The van der Waals surface area contributed by atoms with Gasteiger partial charge in [0, 0.05) is 77.1 Å². The number of aromatic nitrogens is 1. The molecule has 0 bridgehead atoms. The monoisotopic (exact) mass is 568 g/mol. The largest absolute Gasteiger partial charge is 0.506 e. The van der Waals surface area contributed by atoms with Gasteiger partial charge in [0.05, 0.1) is 28.3 Å². The highest BCUT2D eigenvalue weighted by Crippen LogP contribution is 2.34. The number of anilines is 4. The Morgan fingerprint density at radius 1 is 1.21 bits per heavy atom. The highest BCUT2D eigenvalue weighted by Gasteiger charge is 2.22. The highest BCUT2D eigenvalue weighted by atomic mass is 16.3. The van der Waals surface area contributed by atoms with Gasteiger partial charge in [0.2, 0.25) is 0 Å². The number of benzene rings is 2. The molecule has 2 aliphatic rings. The van der Waals surface area contributed by atoms with Crippen LogP contribution in [0.4, 0.5) is 22.7 Å². The summed E-state index contributed by atoms with van der Waals surface area (Å²) < 4.78 is 2.26. The molecule has 42 heavy (non-hydrogen) atoms. The summed E-state index contributed by atoms with van der Waals surface area (Å²) in [4.78, 5) is 11.9. The van der Waals surface area contributed by atoms with Crippen LogP contribution >= 0.6 is 0 Å². The van der Waals surface area contributed by atoms with Crippen LogP contribution in [0.25, 0.3) is 10.9 Å². The number of para-hydroxylation sites is 1. The fraction of sp³-hybridized carbons (Fsp3) is 0.424. The van der Waals surface area contributed by atoms with E-state index in [0.29, 0.717) is 11.4 Å². The van der Waals surface area contributed by atoms with Crippen LogP contribution in [0, 0.1) is 12.3 Å². The summed E-state index contributed by atoms with van der Waals surface area (Å²) in [6.45, 7) is 8.98. The van der Waals surface area contributed by atoms with E-state index in [9.17, 15) is 5.11 Å². The lowest BCUT2D eigenvalue weighted by Gasteiger charge is -2.34. The second-order valence-corrected chi connectivity index (χ2v) is 11.3. The van der Waals surface area contributed by atoms with Gasteiger partial charge in [0.1, 0.15) is 11.5 Å². The maximum Gasteiger partial charge on any atom is 0.182 e. The molecule has 0 amide bonds. The molecule has 1 unspecified atom stereocenters. The minimum atomic E-state index is -0.735. The number of aliphatic hydroxyl groups is 1. The van der Waals surface area contributed by atoms with E-state index in [-0.39, 0.29) is 5.76 Å². The predicted octanol–water partition coefficient (Wildman–Crippen LogP) is 4.22. The van der Waals surface area contributed by atoms with E-state index in [4.69, 9.17) is 17.1 Å². The fourth-order valence-electron chi connectivity index (χ4n) is 5.99. The van der Waals surface area contributed by atoms with Crippen molar-refractivity contribution in [1.29, 1.82) is 0 Å². The number of likely N-dealkylation sites (N-methyl/N-ethyl adjacent to an activating group) is 2. The van der Waals surface area contributed by atoms with E-state index in [2.05, 4.69) is 74.3 Å². The van der Waals surface area contributed by atoms with Gasteiger partial charge in [-0.15, -0.1) is 6.42 Å². The van der Waals surface area contributed by atoms with Gasteiger partial charge in [0.15, 0.2) is 6.17 Å². The molecule has 1 aromatic heterocycles. The maximum absolute atomic E-state index is 11.0. The molecule has 5 rings (SSSR count). The molecule has 0 aliphatic carbocycles. The van der Waals surface area contributed by atoms with Crippen molar-refractivity contribution in [1.82, 2.24) is 14.4 Å². The zero-order valence-electron chi connectivity index (χ0n) is 25.3. The summed E-state index contributed by atoms with van der Waals surface area (Å²) in [6.07, 6.45) is 11.1. The van der Waals surface area contributed by atoms with Crippen molar-refractivity contribution in [2.45, 2.75) is 32.5 Å². The van der Waals surface area contributed by atoms with Crippen molar-refractivity contribution < 1.29 is 5.11 Å². The van der Waals surface area contributed by atoms with Gasteiger partial charge >= 0.3 is 0 Å². The number of piperazine rings is 1. The Morgan fingerprint density at radius 2 is 2.00 bits per heavy atom. The molecular weight excluding hydrogens is 524 g/mol. The van der Waals surface area contributed by atoms with Crippen LogP contribution in [0.15, 0.2) is 53.4 Å². The zero-order valence-corrected chi connectivity index (χ0v) is 25.3. The van der Waals surface area contributed by atoms with E-state index >= 15 is 0 Å². The van der Waals surface area contributed by atoms with E-state index in [0.717, 1.165) is 86.7 Å². The normalized spacial score (nSPS) is 17.2. The molecule has 1 saturated heterocycles. The Bertz CT molecular complexity index is 1520. The molecular formula is C33H44N8O. The number of nitrogens with one attached hydrogen (secondary N) is 2. The van der Waals surface area contributed by atoms with Crippen LogP contribution in [0.3, 0.4) is 0 Å². The van der Waals surface area contributed by atoms with Gasteiger partial charge in [0.25, 0.3) is 0 Å². The third-order valence-electron chi connectivity index (χ3n) is 8.50. The van der Waals surface area contributed by atoms with E-state index < -0.39 is 6.17 Å². The minimum Gasteiger partial charge on any atom is -0.506 e. The van der Waals surface area contributed by atoms with Gasteiger partial charge in [-0.05, 0) is 50.6 Å². The quantitative estimate of drug-likeness (QED) is 0.126. The second kappa shape index (κ2) is 12.8. The third kappa shape index (κ3) is 6.06. The SMILES string of the molecule is C#CC(N=C(/C(O)=C\C)c1cn2c3c(cccc13)CCC2)Nc1cc(N)c(N(C)CCN2CCN(C)CC2)cc1NC. The zero-order chi connectivity index (χ0) is 29.8. The first-order valence-electron chi connectivity index (χ1n) is 14.8. The number of aryl methyl sites for hydroxylation is 2. The highest BCUT2D eigenvalue weighted by molar-refractivity contribution is 6.18. The smallest absolute Gasteiger partial charge is 0.182 e. The number of terminal acetylenes is 1. The topological polar surface area (TPSA) is 97.3 Å². The van der Waals surface area contributed by atoms with E-state index in [1.165, 1.54) is 11.1 Å². The van der Waals surface area contributed by atoms with Gasteiger partial charge in [-0.25, -0.2) is 4.99 Å². The van der Waals surface area contributed by atoms with Crippen LogP contribution < -0.4 is 21.3 Å². The Morgan fingerprint density at radius 3 is 2.71 bits per heavy atom. The number of allylic oxidation sites excluding steroid dienone is 2. The van der Waals surface area contributed by atoms with Crippen LogP contribution in [0.1, 0.15) is 24.5 Å². The summed E-state index contributed by atoms with van der Waals surface area (Å²) in [5, 5.41) is 18.7. The van der Waals surface area contributed by atoms with Crippen molar-refractivity contribution in [3.05, 3.63) is 59.5 Å².